The van der Waals surface area contributed by atoms with E-state index in [4.69, 9.17) is 10.5 Å². The first kappa shape index (κ1) is 12.2. The van der Waals surface area contributed by atoms with E-state index in [9.17, 15) is 9.18 Å². The minimum atomic E-state index is -0.561. The summed E-state index contributed by atoms with van der Waals surface area (Å²) >= 11 is 0. The number of ether oxygens (including phenoxy) is 1. The summed E-state index contributed by atoms with van der Waals surface area (Å²) in [6.07, 6.45) is 1.51. The van der Waals surface area contributed by atoms with Gasteiger partial charge in [0.05, 0.1) is 5.69 Å². The largest absolute Gasteiger partial charge is 0.455 e. The summed E-state index contributed by atoms with van der Waals surface area (Å²) in [7, 11) is 1.60. The molecule has 3 N–H and O–H groups in total. The molecule has 0 saturated heterocycles. The Balaban J connectivity index is 2.08. The molecule has 6 nitrogen and oxygen atoms in total. The van der Waals surface area contributed by atoms with Crippen molar-refractivity contribution in [3.63, 3.8) is 0 Å². The van der Waals surface area contributed by atoms with Crippen molar-refractivity contribution in [3.8, 4) is 11.5 Å². The van der Waals surface area contributed by atoms with Gasteiger partial charge in [-0.1, -0.05) is 0 Å². The van der Waals surface area contributed by atoms with E-state index in [0.29, 0.717) is 16.9 Å². The highest BCUT2D eigenvalue weighted by Gasteiger charge is 2.11. The van der Waals surface area contributed by atoms with Crippen molar-refractivity contribution >= 4 is 16.9 Å². The Bertz CT molecular complexity index is 853. The number of nitrogen functional groups attached to an aromatic ring is 1. The second-order valence-corrected chi connectivity index (χ2v) is 4.28. The molecule has 0 bridgehead atoms. The number of imidazole rings is 1. The van der Waals surface area contributed by atoms with Gasteiger partial charge in [-0.05, 0) is 12.1 Å². The molecule has 7 heteroatoms. The van der Waals surface area contributed by atoms with Gasteiger partial charge < -0.3 is 15.5 Å². The first-order valence-electron chi connectivity index (χ1n) is 5.83. The van der Waals surface area contributed by atoms with Crippen LogP contribution >= 0.6 is 0 Å². The Labute approximate surface area is 112 Å². The zero-order valence-corrected chi connectivity index (χ0v) is 10.6. The molecule has 3 rings (SSSR count). The summed E-state index contributed by atoms with van der Waals surface area (Å²) in [6, 6.07) is 5.73. The molecular formula is C13H11FN4O2. The molecule has 0 radical (unpaired) electrons. The van der Waals surface area contributed by atoms with Crippen LogP contribution in [-0.4, -0.2) is 14.5 Å². The number of nitrogens with two attached hydrogens (primary N) is 1. The Kier molecular flexibility index (Phi) is 2.67. The second-order valence-electron chi connectivity index (χ2n) is 4.28. The van der Waals surface area contributed by atoms with Crippen LogP contribution in [0.2, 0.25) is 0 Å². The Morgan fingerprint density at radius 2 is 2.20 bits per heavy atom. The van der Waals surface area contributed by atoms with Gasteiger partial charge >= 0.3 is 5.69 Å². The lowest BCUT2D eigenvalue weighted by atomic mass is 10.3. The summed E-state index contributed by atoms with van der Waals surface area (Å²) in [5.74, 6) is 0.111. The topological polar surface area (TPSA) is 85.9 Å². The van der Waals surface area contributed by atoms with Gasteiger partial charge in [0.2, 0.25) is 0 Å². The second kappa shape index (κ2) is 4.37. The fourth-order valence-corrected chi connectivity index (χ4v) is 1.88. The van der Waals surface area contributed by atoms with Crippen molar-refractivity contribution in [3.05, 3.63) is 46.8 Å². The van der Waals surface area contributed by atoms with Crippen LogP contribution in [0.15, 0.2) is 35.3 Å². The lowest BCUT2D eigenvalue weighted by Crippen LogP contribution is -2.12. The minimum absolute atomic E-state index is 0.0466. The number of pyridine rings is 1. The number of benzene rings is 1. The van der Waals surface area contributed by atoms with Crippen LogP contribution in [0, 0.1) is 5.82 Å². The number of fused-ring (bicyclic) bond motifs is 1. The van der Waals surface area contributed by atoms with Crippen molar-refractivity contribution in [1.82, 2.24) is 14.5 Å². The maximum Gasteiger partial charge on any atom is 0.327 e. The van der Waals surface area contributed by atoms with Gasteiger partial charge in [0, 0.05) is 25.4 Å². The van der Waals surface area contributed by atoms with Crippen molar-refractivity contribution in [2.45, 2.75) is 0 Å². The first-order chi connectivity index (χ1) is 9.56. The van der Waals surface area contributed by atoms with Crippen molar-refractivity contribution in [2.75, 3.05) is 5.73 Å². The highest BCUT2D eigenvalue weighted by Crippen LogP contribution is 2.28. The van der Waals surface area contributed by atoms with Gasteiger partial charge in [-0.2, -0.15) is 0 Å². The highest BCUT2D eigenvalue weighted by molar-refractivity contribution is 5.78. The predicted molar refractivity (Wildman–Crippen MR) is 72.2 cm³/mol. The van der Waals surface area contributed by atoms with Crippen LogP contribution < -0.4 is 16.2 Å². The van der Waals surface area contributed by atoms with Crippen LogP contribution in [0.25, 0.3) is 11.2 Å². The zero-order valence-electron chi connectivity index (χ0n) is 10.6. The molecule has 0 aliphatic heterocycles. The van der Waals surface area contributed by atoms with E-state index in [1.165, 1.54) is 22.9 Å². The molecule has 0 atom stereocenters. The number of hydrogen-bond acceptors (Lipinski definition) is 4. The van der Waals surface area contributed by atoms with E-state index in [-0.39, 0.29) is 17.1 Å². The fourth-order valence-electron chi connectivity index (χ4n) is 1.88. The normalized spacial score (nSPS) is 10.9. The van der Waals surface area contributed by atoms with Crippen LogP contribution in [0.4, 0.5) is 10.1 Å². The fraction of sp³-hybridized carbons (Fsp3) is 0.0769. The molecule has 0 spiro atoms. The van der Waals surface area contributed by atoms with Gasteiger partial charge in [-0.25, -0.2) is 14.2 Å². The van der Waals surface area contributed by atoms with E-state index in [1.54, 1.807) is 19.2 Å². The number of hydrogen-bond donors (Lipinski definition) is 2. The summed E-state index contributed by atoms with van der Waals surface area (Å²) in [6.45, 7) is 0. The van der Waals surface area contributed by atoms with E-state index in [0.717, 1.165) is 0 Å². The number of halogens is 1. The molecule has 0 fully saturated rings. The lowest BCUT2D eigenvalue weighted by Gasteiger charge is -2.07. The summed E-state index contributed by atoms with van der Waals surface area (Å²) < 4.78 is 20.3. The van der Waals surface area contributed by atoms with Crippen molar-refractivity contribution in [1.29, 1.82) is 0 Å². The summed E-state index contributed by atoms with van der Waals surface area (Å²) in [4.78, 5) is 18.3. The van der Waals surface area contributed by atoms with Gasteiger partial charge in [0.1, 0.15) is 17.1 Å². The van der Waals surface area contributed by atoms with Crippen LogP contribution in [-0.2, 0) is 7.05 Å². The zero-order chi connectivity index (χ0) is 14.3. The van der Waals surface area contributed by atoms with E-state index < -0.39 is 5.82 Å². The molecule has 0 aliphatic carbocycles. The van der Waals surface area contributed by atoms with E-state index in [2.05, 4.69) is 9.97 Å². The Hall–Kier alpha value is -2.83. The third kappa shape index (κ3) is 1.89. The van der Waals surface area contributed by atoms with Crippen LogP contribution in [0.5, 0.6) is 11.5 Å². The van der Waals surface area contributed by atoms with Crippen molar-refractivity contribution in [2.24, 2.45) is 7.05 Å². The van der Waals surface area contributed by atoms with E-state index >= 15 is 0 Å². The number of anilines is 1. The standard InChI is InChI=1S/C13H11FN4O2/c1-18-12-11(17-13(18)19)10(4-5-16-12)20-7-2-3-9(15)8(14)6-7/h2-6H,15H2,1H3,(H,17,19). The number of aromatic amines is 1. The van der Waals surface area contributed by atoms with Gasteiger partial charge in [-0.15, -0.1) is 0 Å². The number of rotatable bonds is 2. The average Bonchev–Trinajstić information content (AvgIpc) is 2.72. The molecule has 3 aromatic rings. The number of nitrogens with one attached hydrogen (secondary N) is 1. The number of aryl methyl sites for hydroxylation is 1. The molecule has 0 unspecified atom stereocenters. The molecule has 0 aliphatic rings. The third-order valence-electron chi connectivity index (χ3n) is 2.95. The molecule has 0 amide bonds. The maximum absolute atomic E-state index is 13.4. The number of nitrogens with zero attached hydrogens (tertiary/aromatic N) is 2. The quantitative estimate of drug-likeness (QED) is 0.697. The molecule has 2 aromatic heterocycles. The Morgan fingerprint density at radius 1 is 1.40 bits per heavy atom. The van der Waals surface area contributed by atoms with E-state index in [1.807, 2.05) is 0 Å². The number of H-pyrrole nitrogens is 1. The maximum atomic E-state index is 13.4. The predicted octanol–water partition coefficient (Wildman–Crippen LogP) is 1.78. The van der Waals surface area contributed by atoms with Crippen molar-refractivity contribution < 1.29 is 9.13 Å². The third-order valence-corrected chi connectivity index (χ3v) is 2.95. The molecule has 1 aromatic carbocycles. The lowest BCUT2D eigenvalue weighted by molar-refractivity contribution is 0.481. The molecule has 102 valence electrons. The number of aromatic nitrogens is 3. The molecule has 2 heterocycles. The Morgan fingerprint density at radius 3 is 2.95 bits per heavy atom. The van der Waals surface area contributed by atoms with Crippen LogP contribution in [0.3, 0.4) is 0 Å². The summed E-state index contributed by atoms with van der Waals surface area (Å²) in [5, 5.41) is 0. The van der Waals surface area contributed by atoms with Gasteiger partial charge in [-0.3, -0.25) is 4.57 Å². The van der Waals surface area contributed by atoms with Gasteiger partial charge in [0.15, 0.2) is 11.4 Å². The minimum Gasteiger partial charge on any atom is -0.455 e. The molecular weight excluding hydrogens is 263 g/mol. The first-order valence-corrected chi connectivity index (χ1v) is 5.83. The smallest absolute Gasteiger partial charge is 0.327 e. The average molecular weight is 274 g/mol. The van der Waals surface area contributed by atoms with Gasteiger partial charge in [0.25, 0.3) is 0 Å². The summed E-state index contributed by atoms with van der Waals surface area (Å²) in [5.41, 5.74) is 6.07. The highest BCUT2D eigenvalue weighted by atomic mass is 19.1. The SMILES string of the molecule is Cn1c(=O)[nH]c2c(Oc3ccc(N)c(F)c3)ccnc21. The molecule has 0 saturated carbocycles. The molecule has 20 heavy (non-hydrogen) atoms. The monoisotopic (exact) mass is 274 g/mol. The van der Waals surface area contributed by atoms with Crippen LogP contribution in [0.1, 0.15) is 0 Å².